The van der Waals surface area contributed by atoms with Crippen LogP contribution >= 0.6 is 11.3 Å². The topological polar surface area (TPSA) is 54.9 Å². The highest BCUT2D eigenvalue weighted by Crippen LogP contribution is 2.32. The molecular weight excluding hydrogens is 350 g/mol. The van der Waals surface area contributed by atoms with E-state index in [1.807, 2.05) is 36.1 Å². The van der Waals surface area contributed by atoms with E-state index in [1.165, 1.54) is 0 Å². The molecule has 2 aliphatic heterocycles. The molecular formula is C19H21N3O3S. The lowest BCUT2D eigenvalue weighted by molar-refractivity contribution is -0.127. The summed E-state index contributed by atoms with van der Waals surface area (Å²) in [5.74, 6) is 1.53. The van der Waals surface area contributed by atoms with Crippen molar-refractivity contribution >= 4 is 23.3 Å². The van der Waals surface area contributed by atoms with Crippen molar-refractivity contribution in [1.29, 1.82) is 0 Å². The molecule has 2 aliphatic rings. The van der Waals surface area contributed by atoms with E-state index in [9.17, 15) is 4.79 Å². The molecule has 26 heavy (non-hydrogen) atoms. The van der Waals surface area contributed by atoms with Crippen LogP contribution in [-0.4, -0.2) is 53.7 Å². The molecule has 0 N–H and O–H groups in total. The molecule has 1 saturated heterocycles. The number of piperazine rings is 1. The summed E-state index contributed by atoms with van der Waals surface area (Å²) in [5, 5.41) is 3.22. The van der Waals surface area contributed by atoms with Crippen LogP contribution in [0, 0.1) is 6.92 Å². The van der Waals surface area contributed by atoms with Gasteiger partial charge in [0.25, 0.3) is 0 Å². The van der Waals surface area contributed by atoms with Gasteiger partial charge in [0.05, 0.1) is 6.54 Å². The van der Waals surface area contributed by atoms with E-state index in [-0.39, 0.29) is 12.7 Å². The zero-order chi connectivity index (χ0) is 17.9. The lowest BCUT2D eigenvalue weighted by Crippen LogP contribution is -2.47. The molecule has 3 heterocycles. The summed E-state index contributed by atoms with van der Waals surface area (Å²) >= 11 is 1.70. The number of amides is 1. The minimum absolute atomic E-state index is 0.0485. The summed E-state index contributed by atoms with van der Waals surface area (Å²) < 4.78 is 10.7. The van der Waals surface area contributed by atoms with E-state index in [2.05, 4.69) is 15.3 Å². The third kappa shape index (κ3) is 3.89. The fourth-order valence-corrected chi connectivity index (χ4v) is 3.90. The maximum Gasteiger partial charge on any atom is 0.246 e. The van der Waals surface area contributed by atoms with Crippen molar-refractivity contribution in [3.8, 4) is 11.5 Å². The summed E-state index contributed by atoms with van der Waals surface area (Å²) in [6, 6.07) is 5.68. The second-order valence-corrected chi connectivity index (χ2v) is 7.37. The lowest BCUT2D eigenvalue weighted by Gasteiger charge is -2.33. The fourth-order valence-electron chi connectivity index (χ4n) is 3.08. The molecule has 6 nitrogen and oxygen atoms in total. The Morgan fingerprint density at radius 1 is 1.23 bits per heavy atom. The normalized spacial score (nSPS) is 17.2. The monoisotopic (exact) mass is 371 g/mol. The van der Waals surface area contributed by atoms with Gasteiger partial charge in [-0.2, -0.15) is 0 Å². The van der Waals surface area contributed by atoms with Gasteiger partial charge in [-0.15, -0.1) is 11.3 Å². The number of rotatable bonds is 4. The van der Waals surface area contributed by atoms with Gasteiger partial charge in [0.15, 0.2) is 11.5 Å². The number of carbonyl (C=O) groups is 1. The van der Waals surface area contributed by atoms with Crippen LogP contribution in [0.4, 0.5) is 0 Å². The van der Waals surface area contributed by atoms with Crippen LogP contribution in [-0.2, 0) is 11.3 Å². The molecule has 1 amide bonds. The first kappa shape index (κ1) is 17.1. The molecule has 0 aliphatic carbocycles. The van der Waals surface area contributed by atoms with Crippen LogP contribution in [0.15, 0.2) is 29.7 Å². The van der Waals surface area contributed by atoms with Crippen molar-refractivity contribution in [3.05, 3.63) is 45.9 Å². The number of aryl methyl sites for hydroxylation is 1. The molecule has 0 unspecified atom stereocenters. The van der Waals surface area contributed by atoms with Crippen LogP contribution in [0.5, 0.6) is 11.5 Å². The van der Waals surface area contributed by atoms with Gasteiger partial charge in [-0.25, -0.2) is 4.98 Å². The maximum absolute atomic E-state index is 12.4. The molecule has 0 atom stereocenters. The Morgan fingerprint density at radius 3 is 2.81 bits per heavy atom. The number of thiazole rings is 1. The molecule has 0 saturated carbocycles. The Hall–Kier alpha value is -2.38. The van der Waals surface area contributed by atoms with Gasteiger partial charge >= 0.3 is 0 Å². The standard InChI is InChI=1S/C19H21N3O3S/c1-14-12-26-18(20-14)11-21-6-8-22(9-7-21)19(23)5-3-15-2-4-16-17(10-15)25-13-24-16/h2-5,10,12H,6-9,11,13H2,1H3. The molecule has 0 radical (unpaired) electrons. The first-order valence-corrected chi connectivity index (χ1v) is 9.55. The summed E-state index contributed by atoms with van der Waals surface area (Å²) in [5.41, 5.74) is 2.01. The fraction of sp³-hybridized carbons (Fsp3) is 0.368. The Morgan fingerprint density at radius 2 is 2.04 bits per heavy atom. The van der Waals surface area contributed by atoms with Crippen molar-refractivity contribution < 1.29 is 14.3 Å². The van der Waals surface area contributed by atoms with Crippen molar-refractivity contribution in [2.45, 2.75) is 13.5 Å². The molecule has 0 spiro atoms. The summed E-state index contributed by atoms with van der Waals surface area (Å²) in [4.78, 5) is 21.2. The lowest BCUT2D eigenvalue weighted by atomic mass is 10.2. The van der Waals surface area contributed by atoms with E-state index in [0.29, 0.717) is 0 Å². The van der Waals surface area contributed by atoms with Gasteiger partial charge in [-0.3, -0.25) is 9.69 Å². The first-order chi connectivity index (χ1) is 12.7. The summed E-state index contributed by atoms with van der Waals surface area (Å²) in [6.07, 6.45) is 3.46. The number of fused-ring (bicyclic) bond motifs is 1. The largest absolute Gasteiger partial charge is 0.454 e. The van der Waals surface area contributed by atoms with Crippen LogP contribution < -0.4 is 9.47 Å². The minimum atomic E-state index is 0.0485. The van der Waals surface area contributed by atoms with Gasteiger partial charge < -0.3 is 14.4 Å². The van der Waals surface area contributed by atoms with E-state index in [4.69, 9.17) is 9.47 Å². The predicted molar refractivity (Wildman–Crippen MR) is 100 cm³/mol. The quantitative estimate of drug-likeness (QED) is 0.773. The van der Waals surface area contributed by atoms with E-state index < -0.39 is 0 Å². The van der Waals surface area contributed by atoms with E-state index in [1.54, 1.807) is 17.4 Å². The van der Waals surface area contributed by atoms with E-state index >= 15 is 0 Å². The second kappa shape index (κ2) is 7.47. The Labute approximate surface area is 156 Å². The molecule has 7 heteroatoms. The van der Waals surface area contributed by atoms with Gasteiger partial charge in [0.1, 0.15) is 5.01 Å². The van der Waals surface area contributed by atoms with E-state index in [0.717, 1.165) is 60.5 Å². The predicted octanol–water partition coefficient (Wildman–Crippen LogP) is 2.54. The van der Waals surface area contributed by atoms with Crippen LogP contribution in [0.2, 0.25) is 0 Å². The molecule has 1 fully saturated rings. The highest BCUT2D eigenvalue weighted by atomic mass is 32.1. The smallest absolute Gasteiger partial charge is 0.246 e. The molecule has 1 aromatic heterocycles. The van der Waals surface area contributed by atoms with Crippen LogP contribution in [0.25, 0.3) is 6.08 Å². The number of benzene rings is 1. The number of ether oxygens (including phenoxy) is 2. The number of hydrogen-bond donors (Lipinski definition) is 0. The number of aromatic nitrogens is 1. The van der Waals surface area contributed by atoms with Crippen molar-refractivity contribution in [2.75, 3.05) is 33.0 Å². The third-order valence-electron chi connectivity index (χ3n) is 4.52. The molecule has 2 aromatic rings. The molecule has 1 aromatic carbocycles. The summed E-state index contributed by atoms with van der Waals surface area (Å²) in [7, 11) is 0. The Bertz CT molecular complexity index is 825. The van der Waals surface area contributed by atoms with Gasteiger partial charge in [-0.05, 0) is 30.7 Å². The van der Waals surface area contributed by atoms with Crippen molar-refractivity contribution in [2.24, 2.45) is 0 Å². The third-order valence-corrected chi connectivity index (χ3v) is 5.48. The Kier molecular flexibility index (Phi) is 4.90. The Balaban J connectivity index is 1.29. The minimum Gasteiger partial charge on any atom is -0.454 e. The zero-order valence-corrected chi connectivity index (χ0v) is 15.5. The second-order valence-electron chi connectivity index (χ2n) is 6.43. The molecule has 136 valence electrons. The first-order valence-electron chi connectivity index (χ1n) is 8.67. The zero-order valence-electron chi connectivity index (χ0n) is 14.7. The highest BCUT2D eigenvalue weighted by Gasteiger charge is 2.20. The number of hydrogen-bond acceptors (Lipinski definition) is 6. The highest BCUT2D eigenvalue weighted by molar-refractivity contribution is 7.09. The maximum atomic E-state index is 12.4. The van der Waals surface area contributed by atoms with Crippen molar-refractivity contribution in [1.82, 2.24) is 14.8 Å². The number of carbonyl (C=O) groups excluding carboxylic acids is 1. The SMILES string of the molecule is Cc1csc(CN2CCN(C(=O)C=Cc3ccc4c(c3)OCO4)CC2)n1. The average molecular weight is 371 g/mol. The molecule has 0 bridgehead atoms. The van der Waals surface area contributed by atoms with Gasteiger partial charge in [0.2, 0.25) is 12.7 Å². The van der Waals surface area contributed by atoms with Crippen LogP contribution in [0.1, 0.15) is 16.3 Å². The average Bonchev–Trinajstić information content (AvgIpc) is 3.28. The van der Waals surface area contributed by atoms with Gasteiger partial charge in [0, 0.05) is 43.3 Å². The van der Waals surface area contributed by atoms with Crippen LogP contribution in [0.3, 0.4) is 0 Å². The summed E-state index contributed by atoms with van der Waals surface area (Å²) in [6.45, 7) is 6.39. The van der Waals surface area contributed by atoms with Gasteiger partial charge in [-0.1, -0.05) is 6.07 Å². The number of nitrogens with zero attached hydrogens (tertiary/aromatic N) is 3. The molecule has 4 rings (SSSR count). The van der Waals surface area contributed by atoms with Crippen molar-refractivity contribution in [3.63, 3.8) is 0 Å².